The average Bonchev–Trinajstić information content (AvgIpc) is 3.31. The van der Waals surface area contributed by atoms with Crippen molar-refractivity contribution in [1.82, 2.24) is 15.5 Å². The predicted molar refractivity (Wildman–Crippen MR) is 82.4 cm³/mol. The molecule has 120 valence electrons. The molecule has 0 aliphatic heterocycles. The Kier molecular flexibility index (Phi) is 3.61. The normalized spacial score (nSPS) is 28.9. The van der Waals surface area contributed by atoms with Crippen molar-refractivity contribution >= 4 is 5.91 Å². The van der Waals surface area contributed by atoms with Gasteiger partial charge in [0.15, 0.2) is 11.5 Å². The molecule has 4 rings (SSSR count). The number of aliphatic hydroxyl groups excluding tert-OH is 1. The molecule has 6 heteroatoms. The first-order valence-corrected chi connectivity index (χ1v) is 8.05. The summed E-state index contributed by atoms with van der Waals surface area (Å²) >= 11 is 0. The molecule has 2 saturated carbocycles. The van der Waals surface area contributed by atoms with Gasteiger partial charge >= 0.3 is 0 Å². The van der Waals surface area contributed by atoms with Gasteiger partial charge in [0.2, 0.25) is 0 Å². The first-order valence-electron chi connectivity index (χ1n) is 8.05. The lowest BCUT2D eigenvalue weighted by Gasteiger charge is -2.30. The number of amides is 1. The van der Waals surface area contributed by atoms with Gasteiger partial charge in [-0.3, -0.25) is 9.78 Å². The van der Waals surface area contributed by atoms with Crippen molar-refractivity contribution < 1.29 is 14.4 Å². The molecule has 0 aromatic carbocycles. The minimum absolute atomic E-state index is 0.0461. The molecule has 0 saturated heterocycles. The summed E-state index contributed by atoms with van der Waals surface area (Å²) in [6, 6.07) is 5.34. The third kappa shape index (κ3) is 2.53. The van der Waals surface area contributed by atoms with Crippen LogP contribution in [0.25, 0.3) is 11.3 Å². The highest BCUT2D eigenvalue weighted by Crippen LogP contribution is 2.48. The topological polar surface area (TPSA) is 88.2 Å². The van der Waals surface area contributed by atoms with Gasteiger partial charge in [-0.15, -0.1) is 0 Å². The maximum Gasteiger partial charge on any atom is 0.273 e. The lowest BCUT2D eigenvalue weighted by molar-refractivity contribution is 0.0853. The Morgan fingerprint density at radius 2 is 2.26 bits per heavy atom. The number of aromatic nitrogens is 2. The van der Waals surface area contributed by atoms with E-state index in [1.807, 2.05) is 6.07 Å². The molecule has 1 amide bonds. The SMILES string of the molecule is O=C(NC1C2CCC(C2)C1CO)c1cc(-c2cccnc2)on1. The Labute approximate surface area is 133 Å². The van der Waals surface area contributed by atoms with Crippen LogP contribution in [-0.2, 0) is 0 Å². The van der Waals surface area contributed by atoms with Crippen LogP contribution in [0, 0.1) is 17.8 Å². The summed E-state index contributed by atoms with van der Waals surface area (Å²) in [5.41, 5.74) is 1.05. The molecule has 4 unspecified atom stereocenters. The number of nitrogens with one attached hydrogen (secondary N) is 1. The van der Waals surface area contributed by atoms with Gasteiger partial charge < -0.3 is 14.9 Å². The number of hydrogen-bond acceptors (Lipinski definition) is 5. The molecule has 2 aliphatic carbocycles. The van der Waals surface area contributed by atoms with E-state index in [1.165, 1.54) is 0 Å². The third-order valence-corrected chi connectivity index (χ3v) is 5.29. The molecule has 0 spiro atoms. The summed E-state index contributed by atoms with van der Waals surface area (Å²) in [7, 11) is 0. The third-order valence-electron chi connectivity index (χ3n) is 5.29. The number of pyridine rings is 1. The van der Waals surface area contributed by atoms with Gasteiger partial charge in [0.1, 0.15) is 0 Å². The highest BCUT2D eigenvalue weighted by molar-refractivity contribution is 5.93. The summed E-state index contributed by atoms with van der Waals surface area (Å²) in [5.74, 6) is 1.47. The van der Waals surface area contributed by atoms with Gasteiger partial charge in [0.25, 0.3) is 5.91 Å². The number of hydrogen-bond donors (Lipinski definition) is 2. The molecule has 2 bridgehead atoms. The van der Waals surface area contributed by atoms with Crippen LogP contribution in [0.3, 0.4) is 0 Å². The molecule has 6 nitrogen and oxygen atoms in total. The van der Waals surface area contributed by atoms with Crippen molar-refractivity contribution in [2.24, 2.45) is 17.8 Å². The van der Waals surface area contributed by atoms with E-state index in [4.69, 9.17) is 4.52 Å². The van der Waals surface area contributed by atoms with E-state index in [0.29, 0.717) is 17.6 Å². The number of fused-ring (bicyclic) bond motifs is 2. The van der Waals surface area contributed by atoms with Crippen LogP contribution in [-0.4, -0.2) is 33.8 Å². The van der Waals surface area contributed by atoms with Crippen molar-refractivity contribution in [2.45, 2.75) is 25.3 Å². The van der Waals surface area contributed by atoms with Crippen molar-refractivity contribution in [3.8, 4) is 11.3 Å². The molecular weight excluding hydrogens is 294 g/mol. The predicted octanol–water partition coefficient (Wildman–Crippen LogP) is 1.87. The monoisotopic (exact) mass is 313 g/mol. The van der Waals surface area contributed by atoms with E-state index in [-0.39, 0.29) is 30.2 Å². The molecule has 2 aliphatic rings. The molecule has 4 atom stereocenters. The highest BCUT2D eigenvalue weighted by atomic mass is 16.5. The molecule has 2 heterocycles. The molecular formula is C17H19N3O3. The minimum Gasteiger partial charge on any atom is -0.396 e. The van der Waals surface area contributed by atoms with E-state index in [1.54, 1.807) is 24.5 Å². The zero-order chi connectivity index (χ0) is 15.8. The number of nitrogens with zero attached hydrogens (tertiary/aromatic N) is 2. The second-order valence-electron chi connectivity index (χ2n) is 6.50. The Morgan fingerprint density at radius 3 is 3.04 bits per heavy atom. The van der Waals surface area contributed by atoms with Gasteiger partial charge in [-0.2, -0.15) is 0 Å². The lowest BCUT2D eigenvalue weighted by atomic mass is 9.85. The zero-order valence-electron chi connectivity index (χ0n) is 12.7. The molecule has 2 aromatic heterocycles. The van der Waals surface area contributed by atoms with Crippen LogP contribution in [0.1, 0.15) is 29.8 Å². The van der Waals surface area contributed by atoms with E-state index < -0.39 is 0 Å². The van der Waals surface area contributed by atoms with E-state index in [0.717, 1.165) is 24.8 Å². The number of carbonyl (C=O) groups excluding carboxylic acids is 1. The summed E-state index contributed by atoms with van der Waals surface area (Å²) in [5, 5.41) is 16.5. The second-order valence-corrected chi connectivity index (χ2v) is 6.50. The van der Waals surface area contributed by atoms with Gasteiger partial charge in [-0.25, -0.2) is 0 Å². The van der Waals surface area contributed by atoms with E-state index in [2.05, 4.69) is 15.5 Å². The van der Waals surface area contributed by atoms with Crippen LogP contribution >= 0.6 is 0 Å². The fourth-order valence-corrected chi connectivity index (χ4v) is 4.15. The molecule has 2 aromatic rings. The van der Waals surface area contributed by atoms with Gasteiger partial charge in [0.05, 0.1) is 0 Å². The van der Waals surface area contributed by atoms with Gasteiger partial charge in [-0.05, 0) is 43.2 Å². The molecule has 23 heavy (non-hydrogen) atoms. The average molecular weight is 313 g/mol. The number of carbonyl (C=O) groups is 1. The van der Waals surface area contributed by atoms with Crippen molar-refractivity contribution in [3.63, 3.8) is 0 Å². The Morgan fingerprint density at radius 1 is 1.39 bits per heavy atom. The van der Waals surface area contributed by atoms with Crippen LogP contribution in [0.15, 0.2) is 35.1 Å². The fraction of sp³-hybridized carbons (Fsp3) is 0.471. The molecule has 2 N–H and O–H groups in total. The fourth-order valence-electron chi connectivity index (χ4n) is 4.15. The van der Waals surface area contributed by atoms with Gasteiger partial charge in [-0.1, -0.05) is 5.16 Å². The van der Waals surface area contributed by atoms with E-state index in [9.17, 15) is 9.90 Å². The van der Waals surface area contributed by atoms with Gasteiger partial charge in [0, 0.05) is 42.6 Å². The first-order chi connectivity index (χ1) is 11.3. The molecule has 2 fully saturated rings. The minimum atomic E-state index is -0.236. The number of rotatable bonds is 4. The van der Waals surface area contributed by atoms with E-state index >= 15 is 0 Å². The van der Waals surface area contributed by atoms with Crippen molar-refractivity contribution in [3.05, 3.63) is 36.3 Å². The molecule has 0 radical (unpaired) electrons. The van der Waals surface area contributed by atoms with Crippen molar-refractivity contribution in [2.75, 3.05) is 6.61 Å². The summed E-state index contributed by atoms with van der Waals surface area (Å²) in [6.45, 7) is 0.131. The maximum absolute atomic E-state index is 12.5. The summed E-state index contributed by atoms with van der Waals surface area (Å²) in [4.78, 5) is 16.5. The smallest absolute Gasteiger partial charge is 0.273 e. The van der Waals surface area contributed by atoms with Crippen LogP contribution in [0.2, 0.25) is 0 Å². The Hall–Kier alpha value is -2.21. The quantitative estimate of drug-likeness (QED) is 0.899. The lowest BCUT2D eigenvalue weighted by Crippen LogP contribution is -2.45. The maximum atomic E-state index is 12.5. The van der Waals surface area contributed by atoms with Crippen molar-refractivity contribution in [1.29, 1.82) is 0 Å². The standard InChI is InChI=1S/C17H19N3O3/c21-9-13-10-3-4-11(6-10)16(13)19-17(22)14-7-15(23-20-14)12-2-1-5-18-8-12/h1-2,5,7-8,10-11,13,16,21H,3-4,6,9H2,(H,19,22). The number of aliphatic hydroxyl groups is 1. The first kappa shape index (κ1) is 14.4. The Balaban J connectivity index is 1.49. The second kappa shape index (κ2) is 5.77. The van der Waals surface area contributed by atoms with Crippen LogP contribution in [0.4, 0.5) is 0 Å². The summed E-state index contributed by atoms with van der Waals surface area (Å²) < 4.78 is 5.25. The zero-order valence-corrected chi connectivity index (χ0v) is 12.7. The summed E-state index contributed by atoms with van der Waals surface area (Å²) in [6.07, 6.45) is 6.75. The Bertz CT molecular complexity index is 700. The largest absolute Gasteiger partial charge is 0.396 e. The van der Waals surface area contributed by atoms with Crippen LogP contribution < -0.4 is 5.32 Å². The van der Waals surface area contributed by atoms with Crippen LogP contribution in [0.5, 0.6) is 0 Å². The highest BCUT2D eigenvalue weighted by Gasteiger charge is 2.47.